The highest BCUT2D eigenvalue weighted by molar-refractivity contribution is 7.98. The highest BCUT2D eigenvalue weighted by atomic mass is 32.2. The molecule has 0 spiro atoms. The first kappa shape index (κ1) is 6.22. The van der Waals surface area contributed by atoms with Crippen LogP contribution in [0.15, 0.2) is 11.5 Å². The van der Waals surface area contributed by atoms with Crippen molar-refractivity contribution in [3.05, 3.63) is 6.33 Å². The molecule has 2 rings (SSSR count). The molecule has 10 heavy (non-hydrogen) atoms. The summed E-state index contributed by atoms with van der Waals surface area (Å²) in [6.07, 6.45) is 6.45. The Hall–Kier alpha value is -0.510. The summed E-state index contributed by atoms with van der Waals surface area (Å²) in [4.78, 5) is 0. The van der Waals surface area contributed by atoms with Gasteiger partial charge in [-0.25, -0.2) is 0 Å². The topological polar surface area (TPSA) is 30.7 Å². The predicted octanol–water partition coefficient (Wildman–Crippen LogP) is 1.33. The van der Waals surface area contributed by atoms with Gasteiger partial charge in [0.25, 0.3) is 0 Å². The molecule has 0 aliphatic heterocycles. The Morgan fingerprint density at radius 1 is 1.70 bits per heavy atom. The average molecular weight is 155 g/mol. The number of aromatic nitrogens is 3. The molecular formula is C6H9N3S. The zero-order valence-corrected chi connectivity index (χ0v) is 6.64. The van der Waals surface area contributed by atoms with Crippen LogP contribution in [-0.4, -0.2) is 21.0 Å². The molecule has 0 saturated heterocycles. The maximum absolute atomic E-state index is 3.97. The number of thioether (sulfide) groups is 1. The quantitative estimate of drug-likeness (QED) is 0.604. The van der Waals surface area contributed by atoms with Gasteiger partial charge in [-0.15, -0.1) is 10.2 Å². The Kier molecular flexibility index (Phi) is 1.41. The van der Waals surface area contributed by atoms with Crippen LogP contribution < -0.4 is 0 Å². The summed E-state index contributed by atoms with van der Waals surface area (Å²) in [7, 11) is 0. The number of nitrogens with zero attached hydrogens (tertiary/aromatic N) is 3. The van der Waals surface area contributed by atoms with E-state index >= 15 is 0 Å². The van der Waals surface area contributed by atoms with Crippen LogP contribution in [0.2, 0.25) is 0 Å². The molecule has 1 aromatic rings. The summed E-state index contributed by atoms with van der Waals surface area (Å²) in [6, 6.07) is 0.706. The van der Waals surface area contributed by atoms with Crippen molar-refractivity contribution in [2.24, 2.45) is 0 Å². The van der Waals surface area contributed by atoms with Crippen molar-refractivity contribution in [2.45, 2.75) is 24.0 Å². The lowest BCUT2D eigenvalue weighted by molar-refractivity contribution is 0.663. The van der Waals surface area contributed by atoms with Crippen molar-refractivity contribution >= 4 is 11.8 Å². The van der Waals surface area contributed by atoms with Gasteiger partial charge in [-0.2, -0.15) is 0 Å². The van der Waals surface area contributed by atoms with Crippen LogP contribution in [-0.2, 0) is 0 Å². The molecule has 0 bridgehead atoms. The predicted molar refractivity (Wildman–Crippen MR) is 40.1 cm³/mol. The molecule has 0 atom stereocenters. The fourth-order valence-electron chi connectivity index (χ4n) is 0.981. The third-order valence-corrected chi connectivity index (χ3v) is 2.32. The van der Waals surface area contributed by atoms with Gasteiger partial charge >= 0.3 is 0 Å². The van der Waals surface area contributed by atoms with Gasteiger partial charge in [0.2, 0.25) is 0 Å². The molecule has 0 unspecified atom stereocenters. The summed E-state index contributed by atoms with van der Waals surface area (Å²) in [5, 5.41) is 8.86. The van der Waals surface area contributed by atoms with E-state index in [2.05, 4.69) is 14.8 Å². The lowest BCUT2D eigenvalue weighted by Gasteiger charge is -1.98. The molecule has 1 aliphatic carbocycles. The number of rotatable bonds is 2. The average Bonchev–Trinajstić information content (AvgIpc) is 2.69. The summed E-state index contributed by atoms with van der Waals surface area (Å²) in [5.74, 6) is 0. The lowest BCUT2D eigenvalue weighted by atomic mass is 10.7. The van der Waals surface area contributed by atoms with Crippen molar-refractivity contribution in [1.82, 2.24) is 14.8 Å². The highest BCUT2D eigenvalue weighted by Crippen LogP contribution is 2.36. The number of hydrogen-bond donors (Lipinski definition) is 0. The molecule has 0 aromatic carbocycles. The van der Waals surface area contributed by atoms with Gasteiger partial charge in [0.15, 0.2) is 5.16 Å². The zero-order valence-electron chi connectivity index (χ0n) is 5.82. The van der Waals surface area contributed by atoms with E-state index in [0.29, 0.717) is 6.04 Å². The fourth-order valence-corrected chi connectivity index (χ4v) is 1.52. The van der Waals surface area contributed by atoms with E-state index in [0.717, 1.165) is 5.16 Å². The zero-order chi connectivity index (χ0) is 6.97. The Balaban J connectivity index is 2.28. The molecule has 1 fully saturated rings. The summed E-state index contributed by atoms with van der Waals surface area (Å²) >= 11 is 1.66. The highest BCUT2D eigenvalue weighted by Gasteiger charge is 2.25. The van der Waals surface area contributed by atoms with E-state index in [1.807, 2.05) is 12.6 Å². The van der Waals surface area contributed by atoms with Crippen LogP contribution >= 0.6 is 11.8 Å². The van der Waals surface area contributed by atoms with Crippen LogP contribution in [0.4, 0.5) is 0 Å². The van der Waals surface area contributed by atoms with Crippen LogP contribution in [0, 0.1) is 0 Å². The first-order valence-corrected chi connectivity index (χ1v) is 4.58. The van der Waals surface area contributed by atoms with Crippen LogP contribution in [0.25, 0.3) is 0 Å². The number of hydrogen-bond acceptors (Lipinski definition) is 3. The van der Waals surface area contributed by atoms with Crippen LogP contribution in [0.1, 0.15) is 18.9 Å². The third kappa shape index (κ3) is 0.923. The SMILES string of the molecule is CSc1nncn1C1CC1. The minimum atomic E-state index is 0.706. The molecule has 1 heterocycles. The van der Waals surface area contributed by atoms with Crippen molar-refractivity contribution < 1.29 is 0 Å². The molecule has 0 radical (unpaired) electrons. The van der Waals surface area contributed by atoms with E-state index in [9.17, 15) is 0 Å². The second-order valence-corrected chi connectivity index (χ2v) is 3.23. The first-order chi connectivity index (χ1) is 4.92. The molecule has 1 aromatic heterocycles. The van der Waals surface area contributed by atoms with Gasteiger partial charge in [-0.1, -0.05) is 11.8 Å². The van der Waals surface area contributed by atoms with E-state index in [1.54, 1.807) is 11.8 Å². The first-order valence-electron chi connectivity index (χ1n) is 3.35. The van der Waals surface area contributed by atoms with Crippen molar-refractivity contribution in [3.8, 4) is 0 Å². The maximum Gasteiger partial charge on any atom is 0.190 e. The second-order valence-electron chi connectivity index (χ2n) is 2.46. The maximum atomic E-state index is 3.97. The molecule has 54 valence electrons. The van der Waals surface area contributed by atoms with Crippen molar-refractivity contribution in [2.75, 3.05) is 6.26 Å². The monoisotopic (exact) mass is 155 g/mol. The Morgan fingerprint density at radius 2 is 2.50 bits per heavy atom. The van der Waals surface area contributed by atoms with Gasteiger partial charge in [0, 0.05) is 6.04 Å². The summed E-state index contributed by atoms with van der Waals surface area (Å²) in [6.45, 7) is 0. The van der Waals surface area contributed by atoms with Gasteiger partial charge in [0.05, 0.1) is 0 Å². The van der Waals surface area contributed by atoms with Crippen LogP contribution in [0.5, 0.6) is 0 Å². The van der Waals surface area contributed by atoms with Crippen LogP contribution in [0.3, 0.4) is 0 Å². The third-order valence-electron chi connectivity index (χ3n) is 1.66. The standard InChI is InChI=1S/C6H9N3S/c1-10-6-8-7-4-9(6)5-2-3-5/h4-5H,2-3H2,1H3. The van der Waals surface area contributed by atoms with E-state index in [4.69, 9.17) is 0 Å². The second kappa shape index (κ2) is 2.27. The molecular weight excluding hydrogens is 146 g/mol. The molecule has 0 amide bonds. The molecule has 4 heteroatoms. The molecule has 3 nitrogen and oxygen atoms in total. The normalized spacial score (nSPS) is 17.7. The van der Waals surface area contributed by atoms with Crippen molar-refractivity contribution in [3.63, 3.8) is 0 Å². The Labute approximate surface area is 63.8 Å². The molecule has 0 N–H and O–H groups in total. The molecule has 1 saturated carbocycles. The lowest BCUT2D eigenvalue weighted by Crippen LogP contribution is -1.92. The Morgan fingerprint density at radius 3 is 3.10 bits per heavy atom. The largest absolute Gasteiger partial charge is 0.306 e. The van der Waals surface area contributed by atoms with Gasteiger partial charge in [-0.3, -0.25) is 0 Å². The summed E-state index contributed by atoms with van der Waals surface area (Å²) in [5.41, 5.74) is 0. The van der Waals surface area contributed by atoms with E-state index in [-0.39, 0.29) is 0 Å². The fraction of sp³-hybridized carbons (Fsp3) is 0.667. The van der Waals surface area contributed by atoms with Gasteiger partial charge in [0.1, 0.15) is 6.33 Å². The van der Waals surface area contributed by atoms with Gasteiger partial charge < -0.3 is 4.57 Å². The van der Waals surface area contributed by atoms with Gasteiger partial charge in [-0.05, 0) is 19.1 Å². The van der Waals surface area contributed by atoms with Crippen molar-refractivity contribution in [1.29, 1.82) is 0 Å². The smallest absolute Gasteiger partial charge is 0.190 e. The minimum absolute atomic E-state index is 0.706. The van der Waals surface area contributed by atoms with E-state index in [1.165, 1.54) is 12.8 Å². The van der Waals surface area contributed by atoms with E-state index < -0.39 is 0 Å². The minimum Gasteiger partial charge on any atom is -0.306 e. The molecule has 1 aliphatic rings. The summed E-state index contributed by atoms with van der Waals surface area (Å²) < 4.78 is 2.16. The Bertz CT molecular complexity index is 229.